The van der Waals surface area contributed by atoms with Crippen LogP contribution in [0.1, 0.15) is 6.42 Å². The lowest BCUT2D eigenvalue weighted by Gasteiger charge is -2.12. The monoisotopic (exact) mass is 189 g/mol. The lowest BCUT2D eigenvalue weighted by atomic mass is 10.4. The van der Waals surface area contributed by atoms with Gasteiger partial charge in [-0.2, -0.15) is 11.8 Å². The van der Waals surface area contributed by atoms with E-state index in [1.807, 2.05) is 6.26 Å². The van der Waals surface area contributed by atoms with Gasteiger partial charge in [0.25, 0.3) is 0 Å². The van der Waals surface area contributed by atoms with Crippen LogP contribution in [-0.4, -0.2) is 46.5 Å². The van der Waals surface area contributed by atoms with Crippen LogP contribution in [0, 0.1) is 0 Å². The van der Waals surface area contributed by atoms with Crippen molar-refractivity contribution in [3.8, 4) is 0 Å². The van der Waals surface area contributed by atoms with E-state index >= 15 is 0 Å². The van der Waals surface area contributed by atoms with Crippen molar-refractivity contribution in [2.75, 3.05) is 19.3 Å². The second kappa shape index (κ2) is 3.80. The Labute approximate surface area is 74.9 Å². The molecule has 1 rings (SSSR count). The van der Waals surface area contributed by atoms with Crippen molar-refractivity contribution in [2.45, 2.75) is 11.7 Å². The van der Waals surface area contributed by atoms with Crippen molar-refractivity contribution in [1.29, 1.82) is 0 Å². The van der Waals surface area contributed by atoms with Gasteiger partial charge in [-0.3, -0.25) is 4.79 Å². The Morgan fingerprint density at radius 1 is 1.58 bits per heavy atom. The zero-order chi connectivity index (χ0) is 9.14. The number of rotatable bonds is 1. The Morgan fingerprint density at radius 3 is 2.67 bits per heavy atom. The van der Waals surface area contributed by atoms with E-state index in [9.17, 15) is 9.59 Å². The van der Waals surface area contributed by atoms with Gasteiger partial charge in [-0.05, 0) is 12.7 Å². The Morgan fingerprint density at radius 2 is 2.25 bits per heavy atom. The van der Waals surface area contributed by atoms with Crippen LogP contribution >= 0.6 is 11.8 Å². The average molecular weight is 189 g/mol. The van der Waals surface area contributed by atoms with Crippen LogP contribution in [0.3, 0.4) is 0 Å². The Balaban J connectivity index is 2.46. The lowest BCUT2D eigenvalue weighted by molar-refractivity contribution is -0.155. The van der Waals surface area contributed by atoms with Crippen LogP contribution < -0.4 is 0 Å². The van der Waals surface area contributed by atoms with Crippen LogP contribution in [0.2, 0.25) is 0 Å². The highest BCUT2D eigenvalue weighted by molar-refractivity contribution is 7.99. The van der Waals surface area contributed by atoms with Crippen LogP contribution in [0.4, 0.5) is 0 Å². The molecule has 0 bridgehead atoms. The summed E-state index contributed by atoms with van der Waals surface area (Å²) in [5.41, 5.74) is 0. The third-order valence-corrected chi connectivity index (χ3v) is 3.00. The molecule has 0 aromatic rings. The predicted octanol–water partition coefficient (Wildman–Crippen LogP) is 0.0349. The minimum Gasteiger partial charge on any atom is -0.474 e. The maximum Gasteiger partial charge on any atom is 0.394 e. The van der Waals surface area contributed by atoms with Crippen molar-refractivity contribution >= 4 is 23.6 Å². The zero-order valence-electron chi connectivity index (χ0n) is 6.82. The number of aliphatic carboxylic acids is 1. The molecule has 1 atom stereocenters. The smallest absolute Gasteiger partial charge is 0.394 e. The Bertz CT molecular complexity index is 207. The molecule has 4 nitrogen and oxygen atoms in total. The molecule has 0 aliphatic carbocycles. The average Bonchev–Trinajstić information content (AvgIpc) is 2.50. The van der Waals surface area contributed by atoms with E-state index in [0.29, 0.717) is 18.3 Å². The van der Waals surface area contributed by atoms with Gasteiger partial charge in [0.05, 0.1) is 0 Å². The van der Waals surface area contributed by atoms with Gasteiger partial charge in [0.15, 0.2) is 0 Å². The van der Waals surface area contributed by atoms with Gasteiger partial charge in [-0.1, -0.05) is 0 Å². The quantitative estimate of drug-likeness (QED) is 0.591. The summed E-state index contributed by atoms with van der Waals surface area (Å²) >= 11 is 1.68. The summed E-state index contributed by atoms with van der Waals surface area (Å²) in [6.07, 6.45) is 2.87. The van der Waals surface area contributed by atoms with E-state index in [2.05, 4.69) is 0 Å². The third-order valence-electron chi connectivity index (χ3n) is 1.95. The van der Waals surface area contributed by atoms with Gasteiger partial charge >= 0.3 is 11.9 Å². The first kappa shape index (κ1) is 9.38. The maximum atomic E-state index is 10.9. The summed E-state index contributed by atoms with van der Waals surface area (Å²) in [5, 5.41) is 8.81. The predicted molar refractivity (Wildman–Crippen MR) is 46.1 cm³/mol. The number of nitrogens with zero attached hydrogens (tertiary/aromatic N) is 1. The number of carboxylic acid groups (broad SMARTS) is 1. The third kappa shape index (κ3) is 1.91. The molecule has 1 amide bonds. The molecule has 0 spiro atoms. The highest BCUT2D eigenvalue weighted by atomic mass is 32.2. The van der Waals surface area contributed by atoms with Gasteiger partial charge in [-0.15, -0.1) is 0 Å². The fourth-order valence-electron chi connectivity index (χ4n) is 1.24. The van der Waals surface area contributed by atoms with Crippen LogP contribution in [0.25, 0.3) is 0 Å². The van der Waals surface area contributed by atoms with Crippen molar-refractivity contribution in [1.82, 2.24) is 4.90 Å². The number of likely N-dealkylation sites (tertiary alicyclic amines) is 1. The molecule has 0 aromatic heterocycles. The Kier molecular flexibility index (Phi) is 2.97. The number of amides is 1. The first-order valence-corrected chi connectivity index (χ1v) is 4.99. The fourth-order valence-corrected chi connectivity index (χ4v) is 1.91. The van der Waals surface area contributed by atoms with E-state index in [1.165, 1.54) is 4.90 Å². The first-order valence-electron chi connectivity index (χ1n) is 3.70. The molecule has 1 fully saturated rings. The molecule has 12 heavy (non-hydrogen) atoms. The molecule has 68 valence electrons. The van der Waals surface area contributed by atoms with E-state index in [4.69, 9.17) is 5.11 Å². The minimum absolute atomic E-state index is 0.410. The topological polar surface area (TPSA) is 57.6 Å². The zero-order valence-corrected chi connectivity index (χ0v) is 7.63. The molecule has 1 heterocycles. The number of hydrogen-bond donors (Lipinski definition) is 1. The van der Waals surface area contributed by atoms with Gasteiger partial charge < -0.3 is 10.0 Å². The van der Waals surface area contributed by atoms with Crippen LogP contribution in [0.15, 0.2) is 0 Å². The largest absolute Gasteiger partial charge is 0.474 e. The first-order chi connectivity index (χ1) is 5.65. The number of carbonyl (C=O) groups is 2. The summed E-state index contributed by atoms with van der Waals surface area (Å²) < 4.78 is 0. The van der Waals surface area contributed by atoms with E-state index in [1.54, 1.807) is 11.8 Å². The summed E-state index contributed by atoms with van der Waals surface area (Å²) in [5.74, 6) is -2.12. The van der Waals surface area contributed by atoms with Gasteiger partial charge in [-0.25, -0.2) is 4.79 Å². The molecule has 0 radical (unpaired) electrons. The van der Waals surface area contributed by atoms with Crippen molar-refractivity contribution in [3.63, 3.8) is 0 Å². The van der Waals surface area contributed by atoms with E-state index < -0.39 is 11.9 Å². The molecule has 1 unspecified atom stereocenters. The summed E-state index contributed by atoms with van der Waals surface area (Å²) in [6, 6.07) is 0. The molecule has 1 saturated heterocycles. The van der Waals surface area contributed by atoms with Gasteiger partial charge in [0.1, 0.15) is 0 Å². The summed E-state index contributed by atoms with van der Waals surface area (Å²) in [6.45, 7) is 1.16. The van der Waals surface area contributed by atoms with E-state index in [0.717, 1.165) is 6.42 Å². The molecule has 1 aliphatic rings. The SMILES string of the molecule is CSC1CCN(C(=O)C(=O)O)C1. The second-order valence-corrected chi connectivity index (χ2v) is 3.84. The van der Waals surface area contributed by atoms with E-state index in [-0.39, 0.29) is 0 Å². The second-order valence-electron chi connectivity index (χ2n) is 2.70. The minimum atomic E-state index is -1.35. The summed E-state index contributed by atoms with van der Waals surface area (Å²) in [4.78, 5) is 22.6. The highest BCUT2D eigenvalue weighted by Crippen LogP contribution is 2.19. The Hall–Kier alpha value is -0.710. The van der Waals surface area contributed by atoms with Crippen LogP contribution in [0.5, 0.6) is 0 Å². The van der Waals surface area contributed by atoms with Crippen molar-refractivity contribution in [2.24, 2.45) is 0 Å². The number of carbonyl (C=O) groups excluding carboxylic acids is 1. The number of thioether (sulfide) groups is 1. The van der Waals surface area contributed by atoms with Gasteiger partial charge in [0.2, 0.25) is 0 Å². The molecule has 1 N–H and O–H groups in total. The molecular formula is C7H11NO3S. The van der Waals surface area contributed by atoms with Gasteiger partial charge in [0, 0.05) is 18.3 Å². The fraction of sp³-hybridized carbons (Fsp3) is 0.714. The van der Waals surface area contributed by atoms with Crippen molar-refractivity contribution < 1.29 is 14.7 Å². The maximum absolute atomic E-state index is 10.9. The van der Waals surface area contributed by atoms with Crippen LogP contribution in [-0.2, 0) is 9.59 Å². The molecule has 0 saturated carbocycles. The highest BCUT2D eigenvalue weighted by Gasteiger charge is 2.28. The normalized spacial score (nSPS) is 22.8. The number of carboxylic acids is 1. The van der Waals surface area contributed by atoms with Crippen molar-refractivity contribution in [3.05, 3.63) is 0 Å². The molecule has 1 aliphatic heterocycles. The molecule has 5 heteroatoms. The summed E-state index contributed by atoms with van der Waals surface area (Å²) in [7, 11) is 0. The standard InChI is InChI=1S/C7H11NO3S/c1-12-5-2-3-8(4-5)6(9)7(10)11/h5H,2-4H2,1H3,(H,10,11). The molecule has 0 aromatic carbocycles. The number of hydrogen-bond acceptors (Lipinski definition) is 3. The lowest BCUT2D eigenvalue weighted by Crippen LogP contribution is -2.34. The molecular weight excluding hydrogens is 178 g/mol.